The number of carbonyl (C=O) groups excluding carboxylic acids is 1. The molecule has 1 amide bonds. The van der Waals surface area contributed by atoms with E-state index in [0.717, 1.165) is 5.69 Å². The molecule has 15 heavy (non-hydrogen) atoms. The van der Waals surface area contributed by atoms with E-state index in [4.69, 9.17) is 11.6 Å². The maximum Gasteiger partial charge on any atom is 0.247 e. The molecule has 0 heterocycles. The zero-order valence-electron chi connectivity index (χ0n) is 8.75. The Balaban J connectivity index is 2.91. The van der Waals surface area contributed by atoms with Crippen molar-refractivity contribution >= 4 is 28.9 Å². The minimum absolute atomic E-state index is 0.247. The third-order valence-corrected chi connectivity index (χ3v) is 2.19. The summed E-state index contributed by atoms with van der Waals surface area (Å²) in [5, 5.41) is 3.24. The van der Waals surface area contributed by atoms with Crippen LogP contribution in [0.25, 0.3) is 0 Å². The van der Waals surface area contributed by atoms with Crippen molar-refractivity contribution < 1.29 is 4.79 Å². The number of rotatable bonds is 3. The minimum atomic E-state index is -0.247. The van der Waals surface area contributed by atoms with Crippen LogP contribution in [-0.4, -0.2) is 20.0 Å². The lowest BCUT2D eigenvalue weighted by molar-refractivity contribution is -0.111. The van der Waals surface area contributed by atoms with Gasteiger partial charge in [0.05, 0.1) is 10.7 Å². The number of hydrogen-bond acceptors (Lipinski definition) is 2. The fourth-order valence-electron chi connectivity index (χ4n) is 1.14. The molecular weight excluding hydrogens is 212 g/mol. The van der Waals surface area contributed by atoms with E-state index >= 15 is 0 Å². The van der Waals surface area contributed by atoms with Crippen LogP contribution in [0, 0.1) is 0 Å². The molecule has 0 unspecified atom stereocenters. The summed E-state index contributed by atoms with van der Waals surface area (Å²) in [6.07, 6.45) is 1.22. The van der Waals surface area contributed by atoms with Gasteiger partial charge in [-0.2, -0.15) is 0 Å². The SMILES string of the molecule is C=CC(=O)Nc1ccc(N(C)C)c(Cl)c1. The number of anilines is 2. The van der Waals surface area contributed by atoms with Gasteiger partial charge < -0.3 is 10.2 Å². The van der Waals surface area contributed by atoms with Crippen molar-refractivity contribution in [2.24, 2.45) is 0 Å². The Kier molecular flexibility index (Phi) is 3.74. The first-order valence-corrected chi connectivity index (χ1v) is 4.82. The van der Waals surface area contributed by atoms with Crippen molar-refractivity contribution in [3.8, 4) is 0 Å². The van der Waals surface area contributed by atoms with Crippen LogP contribution in [0.5, 0.6) is 0 Å². The molecule has 0 aliphatic carbocycles. The smallest absolute Gasteiger partial charge is 0.247 e. The van der Waals surface area contributed by atoms with Crippen LogP contribution in [0.3, 0.4) is 0 Å². The van der Waals surface area contributed by atoms with E-state index in [-0.39, 0.29) is 5.91 Å². The number of nitrogens with zero attached hydrogens (tertiary/aromatic N) is 1. The van der Waals surface area contributed by atoms with Gasteiger partial charge in [-0.3, -0.25) is 4.79 Å². The Morgan fingerprint density at radius 2 is 2.20 bits per heavy atom. The third-order valence-electron chi connectivity index (χ3n) is 1.88. The average molecular weight is 225 g/mol. The van der Waals surface area contributed by atoms with Crippen LogP contribution in [0.4, 0.5) is 11.4 Å². The lowest BCUT2D eigenvalue weighted by Crippen LogP contribution is -2.10. The first-order chi connectivity index (χ1) is 7.04. The molecule has 80 valence electrons. The summed E-state index contributed by atoms with van der Waals surface area (Å²) < 4.78 is 0. The van der Waals surface area contributed by atoms with Gasteiger partial charge in [-0.05, 0) is 24.3 Å². The summed E-state index contributed by atoms with van der Waals surface area (Å²) in [7, 11) is 3.81. The Labute approximate surface area is 94.3 Å². The molecule has 0 saturated carbocycles. The third kappa shape index (κ3) is 2.99. The number of hydrogen-bond donors (Lipinski definition) is 1. The molecule has 0 aliphatic heterocycles. The standard InChI is InChI=1S/C11H13ClN2O/c1-4-11(15)13-8-5-6-10(14(2)3)9(12)7-8/h4-7H,1H2,2-3H3,(H,13,15). The van der Waals surface area contributed by atoms with Crippen LogP contribution in [0.2, 0.25) is 5.02 Å². The van der Waals surface area contributed by atoms with E-state index in [0.29, 0.717) is 10.7 Å². The minimum Gasteiger partial charge on any atom is -0.376 e. The topological polar surface area (TPSA) is 32.3 Å². The highest BCUT2D eigenvalue weighted by Gasteiger charge is 2.04. The molecule has 1 rings (SSSR count). The van der Waals surface area contributed by atoms with Gasteiger partial charge in [0.15, 0.2) is 0 Å². The van der Waals surface area contributed by atoms with Crippen LogP contribution < -0.4 is 10.2 Å². The maximum absolute atomic E-state index is 11.0. The lowest BCUT2D eigenvalue weighted by atomic mass is 10.2. The van der Waals surface area contributed by atoms with E-state index < -0.39 is 0 Å². The van der Waals surface area contributed by atoms with Crippen LogP contribution in [0.15, 0.2) is 30.9 Å². The van der Waals surface area contributed by atoms with Crippen LogP contribution >= 0.6 is 11.6 Å². The number of amides is 1. The van der Waals surface area contributed by atoms with Crippen molar-refractivity contribution in [3.63, 3.8) is 0 Å². The molecule has 0 radical (unpaired) electrons. The summed E-state index contributed by atoms with van der Waals surface area (Å²) in [5.41, 5.74) is 1.57. The number of nitrogens with one attached hydrogen (secondary N) is 1. The number of benzene rings is 1. The second-order valence-corrected chi connectivity index (χ2v) is 3.66. The van der Waals surface area contributed by atoms with E-state index in [2.05, 4.69) is 11.9 Å². The van der Waals surface area contributed by atoms with Crippen molar-refractivity contribution in [3.05, 3.63) is 35.9 Å². The predicted molar refractivity (Wildman–Crippen MR) is 64.6 cm³/mol. The number of halogens is 1. The monoisotopic (exact) mass is 224 g/mol. The predicted octanol–water partition coefficient (Wildman–Crippen LogP) is 2.53. The van der Waals surface area contributed by atoms with Gasteiger partial charge in [0, 0.05) is 19.8 Å². The zero-order chi connectivity index (χ0) is 11.4. The van der Waals surface area contributed by atoms with Crippen molar-refractivity contribution in [2.45, 2.75) is 0 Å². The van der Waals surface area contributed by atoms with Gasteiger partial charge in [0.2, 0.25) is 5.91 Å². The second kappa shape index (κ2) is 4.84. The Hall–Kier alpha value is -1.48. The summed E-state index contributed by atoms with van der Waals surface area (Å²) in [4.78, 5) is 12.9. The van der Waals surface area contributed by atoms with Gasteiger partial charge in [-0.15, -0.1) is 0 Å². The van der Waals surface area contributed by atoms with E-state index in [1.807, 2.05) is 25.1 Å². The summed E-state index contributed by atoms with van der Waals surface area (Å²) in [6, 6.07) is 5.35. The van der Waals surface area contributed by atoms with Gasteiger partial charge in [0.1, 0.15) is 0 Å². The van der Waals surface area contributed by atoms with Crippen molar-refractivity contribution in [1.29, 1.82) is 0 Å². The molecule has 0 atom stereocenters. The highest BCUT2D eigenvalue weighted by atomic mass is 35.5. The zero-order valence-corrected chi connectivity index (χ0v) is 9.51. The fraction of sp³-hybridized carbons (Fsp3) is 0.182. The average Bonchev–Trinajstić information content (AvgIpc) is 2.17. The first-order valence-electron chi connectivity index (χ1n) is 4.45. The summed E-state index contributed by atoms with van der Waals surface area (Å²) in [5.74, 6) is -0.247. The van der Waals surface area contributed by atoms with E-state index in [9.17, 15) is 4.79 Å². The molecule has 1 aromatic carbocycles. The molecule has 1 aromatic rings. The summed E-state index contributed by atoms with van der Waals surface area (Å²) >= 11 is 6.03. The quantitative estimate of drug-likeness (QED) is 0.801. The molecular formula is C11H13ClN2O. The largest absolute Gasteiger partial charge is 0.376 e. The molecule has 0 bridgehead atoms. The molecule has 4 heteroatoms. The van der Waals surface area contributed by atoms with E-state index in [1.54, 1.807) is 12.1 Å². The molecule has 0 saturated heterocycles. The lowest BCUT2D eigenvalue weighted by Gasteiger charge is -2.15. The molecule has 3 nitrogen and oxygen atoms in total. The normalized spacial score (nSPS) is 9.53. The highest BCUT2D eigenvalue weighted by molar-refractivity contribution is 6.33. The van der Waals surface area contributed by atoms with Gasteiger partial charge in [-0.1, -0.05) is 18.2 Å². The fourth-order valence-corrected chi connectivity index (χ4v) is 1.49. The van der Waals surface area contributed by atoms with Crippen LogP contribution in [-0.2, 0) is 4.79 Å². The second-order valence-electron chi connectivity index (χ2n) is 3.25. The molecule has 0 aromatic heterocycles. The Morgan fingerprint density at radius 1 is 1.53 bits per heavy atom. The molecule has 0 spiro atoms. The van der Waals surface area contributed by atoms with Gasteiger partial charge in [0.25, 0.3) is 0 Å². The van der Waals surface area contributed by atoms with Gasteiger partial charge >= 0.3 is 0 Å². The Morgan fingerprint density at radius 3 is 2.67 bits per heavy atom. The van der Waals surface area contributed by atoms with Gasteiger partial charge in [-0.25, -0.2) is 0 Å². The first kappa shape index (κ1) is 11.6. The van der Waals surface area contributed by atoms with Crippen molar-refractivity contribution in [1.82, 2.24) is 0 Å². The highest BCUT2D eigenvalue weighted by Crippen LogP contribution is 2.27. The van der Waals surface area contributed by atoms with E-state index in [1.165, 1.54) is 6.08 Å². The number of carbonyl (C=O) groups is 1. The molecule has 0 fully saturated rings. The Bertz CT molecular complexity index is 388. The maximum atomic E-state index is 11.0. The molecule has 1 N–H and O–H groups in total. The molecule has 0 aliphatic rings. The summed E-state index contributed by atoms with van der Waals surface area (Å²) in [6.45, 7) is 3.37. The van der Waals surface area contributed by atoms with Crippen molar-refractivity contribution in [2.75, 3.05) is 24.3 Å². The van der Waals surface area contributed by atoms with Crippen LogP contribution in [0.1, 0.15) is 0 Å².